The summed E-state index contributed by atoms with van der Waals surface area (Å²) in [6.45, 7) is 0. The lowest BCUT2D eigenvalue weighted by molar-refractivity contribution is -0.144. The second-order valence-corrected chi connectivity index (χ2v) is 5.11. The molecule has 4 N–H and O–H groups in total. The van der Waals surface area contributed by atoms with E-state index in [-0.39, 0.29) is 17.9 Å². The topological polar surface area (TPSA) is 118 Å². The number of nitrogens with zero attached hydrogens (tertiary/aromatic N) is 2. The second kappa shape index (κ2) is 5.10. The average Bonchev–Trinajstić information content (AvgIpc) is 2.88. The van der Waals surface area contributed by atoms with Crippen molar-refractivity contribution in [2.24, 2.45) is 0 Å². The van der Waals surface area contributed by atoms with E-state index < -0.39 is 17.4 Å². The third kappa shape index (κ3) is 2.07. The number of carbonyl (C=O) groups excluding carboxylic acids is 1. The molecule has 7 heteroatoms. The van der Waals surface area contributed by atoms with Crippen molar-refractivity contribution in [1.82, 2.24) is 15.3 Å². The molecule has 1 heterocycles. The summed E-state index contributed by atoms with van der Waals surface area (Å²) in [5.41, 5.74) is 5.60. The zero-order valence-corrected chi connectivity index (χ0v) is 11.6. The first-order valence-electron chi connectivity index (χ1n) is 6.75. The van der Waals surface area contributed by atoms with Crippen LogP contribution in [0.4, 0.5) is 5.82 Å². The zero-order chi connectivity index (χ0) is 15.7. The summed E-state index contributed by atoms with van der Waals surface area (Å²) in [7, 11) is 0. The molecule has 1 aromatic heterocycles. The summed E-state index contributed by atoms with van der Waals surface area (Å²) >= 11 is 0. The highest BCUT2D eigenvalue weighted by Gasteiger charge is 2.47. The molecule has 0 radical (unpaired) electrons. The molecule has 22 heavy (non-hydrogen) atoms. The highest BCUT2D eigenvalue weighted by molar-refractivity contribution is 6.00. The molecule has 0 bridgehead atoms. The number of nitrogens with two attached hydrogens (primary N) is 1. The van der Waals surface area contributed by atoms with Crippen LogP contribution in [0.5, 0.6) is 0 Å². The van der Waals surface area contributed by atoms with Crippen LogP contribution < -0.4 is 11.1 Å². The molecule has 1 unspecified atom stereocenters. The molecule has 0 aliphatic heterocycles. The Hall–Kier alpha value is -2.96. The van der Waals surface area contributed by atoms with Crippen LogP contribution in [0, 0.1) is 0 Å². The number of carbonyl (C=O) groups is 2. The summed E-state index contributed by atoms with van der Waals surface area (Å²) in [6, 6.07) is 7.18. The maximum absolute atomic E-state index is 12.4. The van der Waals surface area contributed by atoms with Crippen molar-refractivity contribution in [3.05, 3.63) is 53.5 Å². The number of aryl methyl sites for hydroxylation is 1. The Morgan fingerprint density at radius 2 is 1.95 bits per heavy atom. The standard InChI is InChI=1S/C15H14N4O3/c16-12-11(17-7-8-18-12)13(20)19-15(14(21)22)6-5-9-3-1-2-4-10(9)15/h1-4,7-8H,5-6H2,(H2,16,18)(H,19,20)(H,21,22). The van der Waals surface area contributed by atoms with E-state index >= 15 is 0 Å². The fourth-order valence-corrected chi connectivity index (χ4v) is 2.79. The van der Waals surface area contributed by atoms with Gasteiger partial charge in [0.25, 0.3) is 5.91 Å². The number of carboxylic acids is 1. The van der Waals surface area contributed by atoms with Crippen molar-refractivity contribution in [2.45, 2.75) is 18.4 Å². The lowest BCUT2D eigenvalue weighted by Gasteiger charge is -2.27. The van der Waals surface area contributed by atoms with Crippen LogP contribution in [0.3, 0.4) is 0 Å². The second-order valence-electron chi connectivity index (χ2n) is 5.11. The SMILES string of the molecule is Nc1nccnc1C(=O)NC1(C(=O)O)CCc2ccccc21. The van der Waals surface area contributed by atoms with Gasteiger partial charge < -0.3 is 16.2 Å². The van der Waals surface area contributed by atoms with E-state index in [1.54, 1.807) is 12.1 Å². The predicted octanol–water partition coefficient (Wildman–Crippen LogP) is 0.715. The first-order chi connectivity index (χ1) is 10.5. The maximum Gasteiger partial charge on any atom is 0.334 e. The van der Waals surface area contributed by atoms with Crippen molar-refractivity contribution in [2.75, 3.05) is 5.73 Å². The number of rotatable bonds is 3. The van der Waals surface area contributed by atoms with Gasteiger partial charge in [-0.05, 0) is 24.0 Å². The van der Waals surface area contributed by atoms with Crippen LogP contribution in [0.1, 0.15) is 28.0 Å². The van der Waals surface area contributed by atoms with Crippen LogP contribution in [0.2, 0.25) is 0 Å². The average molecular weight is 298 g/mol. The van der Waals surface area contributed by atoms with E-state index in [0.717, 1.165) is 5.56 Å². The van der Waals surface area contributed by atoms with E-state index in [9.17, 15) is 14.7 Å². The van der Waals surface area contributed by atoms with Gasteiger partial charge in [0.1, 0.15) is 0 Å². The first kappa shape index (κ1) is 14.0. The van der Waals surface area contributed by atoms with Crippen molar-refractivity contribution >= 4 is 17.7 Å². The molecule has 1 aromatic carbocycles. The highest BCUT2D eigenvalue weighted by Crippen LogP contribution is 2.37. The summed E-state index contributed by atoms with van der Waals surface area (Å²) in [5.74, 6) is -1.79. The molecule has 3 rings (SSSR count). The summed E-state index contributed by atoms with van der Waals surface area (Å²) in [5, 5.41) is 12.3. The minimum atomic E-state index is -1.46. The van der Waals surface area contributed by atoms with E-state index in [1.807, 2.05) is 12.1 Å². The van der Waals surface area contributed by atoms with E-state index in [4.69, 9.17) is 5.73 Å². The Morgan fingerprint density at radius 3 is 2.68 bits per heavy atom. The van der Waals surface area contributed by atoms with E-state index in [0.29, 0.717) is 12.0 Å². The molecule has 7 nitrogen and oxygen atoms in total. The zero-order valence-electron chi connectivity index (χ0n) is 11.6. The maximum atomic E-state index is 12.4. The predicted molar refractivity (Wildman–Crippen MR) is 78.0 cm³/mol. The van der Waals surface area contributed by atoms with Gasteiger partial charge in [-0.15, -0.1) is 0 Å². The van der Waals surface area contributed by atoms with Crippen molar-refractivity contribution in [1.29, 1.82) is 0 Å². The lowest BCUT2D eigenvalue weighted by Crippen LogP contribution is -2.50. The van der Waals surface area contributed by atoms with Crippen LogP contribution in [0.15, 0.2) is 36.7 Å². The van der Waals surface area contributed by atoms with E-state index in [2.05, 4.69) is 15.3 Å². The number of carboxylic acid groups (broad SMARTS) is 1. The number of amides is 1. The van der Waals surface area contributed by atoms with Gasteiger partial charge in [-0.1, -0.05) is 24.3 Å². The van der Waals surface area contributed by atoms with Gasteiger partial charge in [0, 0.05) is 12.4 Å². The van der Waals surface area contributed by atoms with Crippen LogP contribution in [-0.2, 0) is 16.8 Å². The molecule has 1 aliphatic rings. The van der Waals surface area contributed by atoms with E-state index in [1.165, 1.54) is 12.4 Å². The monoisotopic (exact) mass is 298 g/mol. The Kier molecular flexibility index (Phi) is 3.25. The molecule has 112 valence electrons. The number of hydrogen-bond donors (Lipinski definition) is 3. The van der Waals surface area contributed by atoms with Gasteiger partial charge in [-0.3, -0.25) is 4.79 Å². The molecule has 1 atom stereocenters. The Bertz CT molecular complexity index is 762. The Morgan fingerprint density at radius 1 is 1.23 bits per heavy atom. The first-order valence-corrected chi connectivity index (χ1v) is 6.75. The molecule has 0 fully saturated rings. The quantitative estimate of drug-likeness (QED) is 0.768. The number of anilines is 1. The Labute approximate surface area is 126 Å². The van der Waals surface area contributed by atoms with Gasteiger partial charge in [0.05, 0.1) is 0 Å². The van der Waals surface area contributed by atoms with Crippen LogP contribution in [0.25, 0.3) is 0 Å². The smallest absolute Gasteiger partial charge is 0.334 e. The third-order valence-electron chi connectivity index (χ3n) is 3.88. The highest BCUT2D eigenvalue weighted by atomic mass is 16.4. The van der Waals surface area contributed by atoms with Gasteiger partial charge in [0.2, 0.25) is 0 Å². The summed E-state index contributed by atoms with van der Waals surface area (Å²) in [6.07, 6.45) is 3.57. The van der Waals surface area contributed by atoms with Crippen molar-refractivity contribution in [3.8, 4) is 0 Å². The van der Waals surface area contributed by atoms with Crippen molar-refractivity contribution < 1.29 is 14.7 Å². The molecule has 0 saturated carbocycles. The minimum absolute atomic E-state index is 0.0354. The van der Waals surface area contributed by atoms with Gasteiger partial charge in [-0.2, -0.15) is 0 Å². The van der Waals surface area contributed by atoms with Crippen molar-refractivity contribution in [3.63, 3.8) is 0 Å². The number of nitrogens with one attached hydrogen (secondary N) is 1. The number of hydrogen-bond acceptors (Lipinski definition) is 5. The molecular weight excluding hydrogens is 284 g/mol. The lowest BCUT2D eigenvalue weighted by atomic mass is 9.91. The molecule has 0 saturated heterocycles. The molecular formula is C15H14N4O3. The van der Waals surface area contributed by atoms with Crippen LogP contribution >= 0.6 is 0 Å². The number of aliphatic carboxylic acids is 1. The molecule has 2 aromatic rings. The normalized spacial score (nSPS) is 19.5. The number of benzene rings is 1. The largest absolute Gasteiger partial charge is 0.479 e. The summed E-state index contributed by atoms with van der Waals surface area (Å²) < 4.78 is 0. The number of aromatic nitrogens is 2. The number of fused-ring (bicyclic) bond motifs is 1. The number of nitrogen functional groups attached to an aromatic ring is 1. The van der Waals surface area contributed by atoms with Gasteiger partial charge in [0.15, 0.2) is 17.1 Å². The fraction of sp³-hybridized carbons (Fsp3) is 0.200. The third-order valence-corrected chi connectivity index (χ3v) is 3.88. The minimum Gasteiger partial charge on any atom is -0.479 e. The van der Waals surface area contributed by atoms with Crippen LogP contribution in [-0.4, -0.2) is 27.0 Å². The molecule has 1 amide bonds. The summed E-state index contributed by atoms with van der Waals surface area (Å²) in [4.78, 5) is 31.9. The van der Waals surface area contributed by atoms with Gasteiger partial charge in [-0.25, -0.2) is 14.8 Å². The molecule has 1 aliphatic carbocycles. The molecule has 0 spiro atoms. The fourth-order valence-electron chi connectivity index (χ4n) is 2.79. The van der Waals surface area contributed by atoms with Gasteiger partial charge >= 0.3 is 5.97 Å². The Balaban J connectivity index is 2.00.